The van der Waals surface area contributed by atoms with Crippen LogP contribution in [0.25, 0.3) is 10.9 Å². The third-order valence-electron chi connectivity index (χ3n) is 4.95. The molecule has 0 aliphatic heterocycles. The first-order valence-electron chi connectivity index (χ1n) is 10.2. The van der Waals surface area contributed by atoms with Crippen LogP contribution in [0, 0.1) is 0 Å². The minimum atomic E-state index is -0.419. The summed E-state index contributed by atoms with van der Waals surface area (Å²) >= 11 is 0. The number of ether oxygens (including phenoxy) is 2. The van der Waals surface area contributed by atoms with Crippen molar-refractivity contribution in [3.63, 3.8) is 0 Å². The van der Waals surface area contributed by atoms with E-state index in [1.54, 1.807) is 26.0 Å². The number of benzene rings is 1. The van der Waals surface area contributed by atoms with Crippen molar-refractivity contribution < 1.29 is 19.1 Å². The number of aromatic nitrogens is 3. The molecule has 4 rings (SSSR count). The van der Waals surface area contributed by atoms with Gasteiger partial charge in [0, 0.05) is 16.8 Å². The van der Waals surface area contributed by atoms with E-state index >= 15 is 0 Å². The molecule has 4 aromatic rings. The van der Waals surface area contributed by atoms with Crippen LogP contribution < -0.4 is 0 Å². The third-order valence-corrected chi connectivity index (χ3v) is 4.95. The first-order chi connectivity index (χ1) is 15.1. The highest BCUT2D eigenvalue weighted by Gasteiger charge is 2.24. The van der Waals surface area contributed by atoms with E-state index in [4.69, 9.17) is 14.5 Å². The van der Waals surface area contributed by atoms with Gasteiger partial charge >= 0.3 is 11.9 Å². The van der Waals surface area contributed by atoms with E-state index in [0.29, 0.717) is 24.6 Å². The highest BCUT2D eigenvalue weighted by Crippen LogP contribution is 2.31. The van der Waals surface area contributed by atoms with Gasteiger partial charge in [0.1, 0.15) is 11.4 Å². The van der Waals surface area contributed by atoms with E-state index in [-0.39, 0.29) is 5.92 Å². The smallest absolute Gasteiger partial charge is 0.354 e. The van der Waals surface area contributed by atoms with E-state index in [1.807, 2.05) is 48.5 Å². The lowest BCUT2D eigenvalue weighted by Gasteiger charge is -2.15. The molecule has 1 aromatic carbocycles. The molecule has 0 saturated heterocycles. The summed E-state index contributed by atoms with van der Waals surface area (Å²) in [5, 5.41) is 1.03. The van der Waals surface area contributed by atoms with Crippen molar-refractivity contribution in [2.75, 3.05) is 13.2 Å². The first kappa shape index (κ1) is 20.4. The fraction of sp³-hybridized carbons (Fsp3) is 0.208. The summed E-state index contributed by atoms with van der Waals surface area (Å²) in [6.45, 7) is 4.11. The van der Waals surface area contributed by atoms with Crippen LogP contribution in [0.3, 0.4) is 0 Å². The maximum absolute atomic E-state index is 12.2. The second-order valence-corrected chi connectivity index (χ2v) is 6.96. The molecule has 0 aliphatic carbocycles. The van der Waals surface area contributed by atoms with Crippen LogP contribution >= 0.6 is 0 Å². The van der Waals surface area contributed by atoms with Crippen LogP contribution in [0.1, 0.15) is 57.8 Å². The maximum Gasteiger partial charge on any atom is 0.354 e. The second-order valence-electron chi connectivity index (χ2n) is 6.96. The Morgan fingerprint density at radius 3 is 1.97 bits per heavy atom. The van der Waals surface area contributed by atoms with Crippen molar-refractivity contribution in [3.05, 3.63) is 89.1 Å². The fourth-order valence-corrected chi connectivity index (χ4v) is 3.55. The molecular weight excluding hydrogens is 394 g/mol. The van der Waals surface area contributed by atoms with E-state index in [1.165, 1.54) is 0 Å². The number of nitrogens with one attached hydrogen (secondary N) is 2. The largest absolute Gasteiger partial charge is 0.461 e. The Kier molecular flexibility index (Phi) is 5.84. The van der Waals surface area contributed by atoms with Crippen LogP contribution in [0.4, 0.5) is 0 Å². The molecule has 2 N–H and O–H groups in total. The van der Waals surface area contributed by atoms with Gasteiger partial charge in [0.2, 0.25) is 0 Å². The summed E-state index contributed by atoms with van der Waals surface area (Å²) in [6.07, 6.45) is 0. The van der Waals surface area contributed by atoms with Gasteiger partial charge in [-0.15, -0.1) is 0 Å². The normalized spacial score (nSPS) is 11.1. The number of pyridine rings is 1. The summed E-state index contributed by atoms with van der Waals surface area (Å²) in [5.74, 6) is -1.19. The van der Waals surface area contributed by atoms with Gasteiger partial charge in [-0.1, -0.05) is 24.3 Å². The summed E-state index contributed by atoms with van der Waals surface area (Å²) in [4.78, 5) is 35.5. The van der Waals surface area contributed by atoms with Crippen LogP contribution in [-0.4, -0.2) is 40.1 Å². The Balaban J connectivity index is 1.79. The molecular formula is C24H23N3O4. The second kappa shape index (κ2) is 8.87. The molecule has 0 fully saturated rings. The van der Waals surface area contributed by atoms with Gasteiger partial charge in [-0.2, -0.15) is 0 Å². The van der Waals surface area contributed by atoms with Crippen LogP contribution in [0.5, 0.6) is 0 Å². The Bertz CT molecular complexity index is 1170. The van der Waals surface area contributed by atoms with Gasteiger partial charge in [0.25, 0.3) is 0 Å². The SMILES string of the molecule is CCOC(=O)c1ccc(C(c2ccc3ccccc3n2)c2ccc(C(=O)OCC)[nH]2)[nH]1. The monoisotopic (exact) mass is 417 g/mol. The van der Waals surface area contributed by atoms with E-state index < -0.39 is 11.9 Å². The molecule has 158 valence electrons. The van der Waals surface area contributed by atoms with E-state index in [2.05, 4.69) is 9.97 Å². The molecule has 0 saturated carbocycles. The maximum atomic E-state index is 12.2. The lowest BCUT2D eigenvalue weighted by atomic mass is 9.96. The van der Waals surface area contributed by atoms with Crippen molar-refractivity contribution in [1.29, 1.82) is 0 Å². The summed E-state index contributed by atoms with van der Waals surface area (Å²) in [5.41, 5.74) is 3.86. The number of hydrogen-bond donors (Lipinski definition) is 2. The average molecular weight is 417 g/mol. The number of carbonyl (C=O) groups excluding carboxylic acids is 2. The number of H-pyrrole nitrogens is 2. The van der Waals surface area contributed by atoms with Crippen LogP contribution in [0.2, 0.25) is 0 Å². The van der Waals surface area contributed by atoms with Crippen molar-refractivity contribution >= 4 is 22.8 Å². The number of hydrogen-bond acceptors (Lipinski definition) is 5. The molecule has 0 radical (unpaired) electrons. The van der Waals surface area contributed by atoms with Crippen LogP contribution in [-0.2, 0) is 9.47 Å². The molecule has 0 spiro atoms. The molecule has 0 unspecified atom stereocenters. The van der Waals surface area contributed by atoms with Crippen LogP contribution in [0.15, 0.2) is 60.7 Å². The minimum Gasteiger partial charge on any atom is -0.461 e. The number of rotatable bonds is 7. The van der Waals surface area contributed by atoms with Gasteiger partial charge in [-0.25, -0.2) is 9.59 Å². The zero-order valence-electron chi connectivity index (χ0n) is 17.3. The van der Waals surface area contributed by atoms with Gasteiger partial charge < -0.3 is 19.4 Å². The Morgan fingerprint density at radius 1 is 0.806 bits per heavy atom. The number of nitrogens with zero attached hydrogens (tertiary/aromatic N) is 1. The molecule has 0 bridgehead atoms. The lowest BCUT2D eigenvalue weighted by molar-refractivity contribution is 0.0511. The van der Waals surface area contributed by atoms with Crippen molar-refractivity contribution in [2.45, 2.75) is 19.8 Å². The first-order valence-corrected chi connectivity index (χ1v) is 10.2. The molecule has 0 aliphatic rings. The molecule has 0 amide bonds. The van der Waals surface area contributed by atoms with Crippen molar-refractivity contribution in [3.8, 4) is 0 Å². The topological polar surface area (TPSA) is 97.1 Å². The zero-order chi connectivity index (χ0) is 21.8. The third kappa shape index (κ3) is 4.21. The van der Waals surface area contributed by atoms with E-state index in [0.717, 1.165) is 28.0 Å². The van der Waals surface area contributed by atoms with Gasteiger partial charge in [0.15, 0.2) is 0 Å². The standard InChI is InChI=1S/C24H23N3O4/c1-3-30-23(28)20-13-11-18(26-20)22(19-12-14-21(27-19)24(29)31-4-2)17-10-9-15-7-5-6-8-16(15)25-17/h5-14,22,26-27H,3-4H2,1-2H3. The van der Waals surface area contributed by atoms with Crippen molar-refractivity contribution in [1.82, 2.24) is 15.0 Å². The highest BCUT2D eigenvalue weighted by atomic mass is 16.5. The molecule has 31 heavy (non-hydrogen) atoms. The number of aromatic amines is 2. The Hall–Kier alpha value is -3.87. The summed E-state index contributed by atoms with van der Waals surface area (Å²) in [6, 6.07) is 18.9. The predicted octanol–water partition coefficient (Wildman–Crippen LogP) is 4.42. The molecule has 0 atom stereocenters. The summed E-state index contributed by atoms with van der Waals surface area (Å²) < 4.78 is 10.2. The zero-order valence-corrected chi connectivity index (χ0v) is 17.3. The van der Waals surface area contributed by atoms with Gasteiger partial charge in [0.05, 0.1) is 30.3 Å². The number of carbonyl (C=O) groups is 2. The predicted molar refractivity (Wildman–Crippen MR) is 116 cm³/mol. The molecule has 3 aromatic heterocycles. The molecule has 7 nitrogen and oxygen atoms in total. The minimum absolute atomic E-state index is 0.294. The van der Waals surface area contributed by atoms with Crippen molar-refractivity contribution in [2.24, 2.45) is 0 Å². The Morgan fingerprint density at radius 2 is 1.39 bits per heavy atom. The number of fused-ring (bicyclic) bond motifs is 1. The quantitative estimate of drug-likeness (QED) is 0.434. The van der Waals surface area contributed by atoms with E-state index in [9.17, 15) is 9.59 Å². The number of esters is 2. The number of para-hydroxylation sites is 1. The fourth-order valence-electron chi connectivity index (χ4n) is 3.55. The Labute approximate surface area is 179 Å². The lowest BCUT2D eigenvalue weighted by Crippen LogP contribution is -2.10. The average Bonchev–Trinajstić information content (AvgIpc) is 3.45. The highest BCUT2D eigenvalue weighted by molar-refractivity contribution is 5.88. The molecule has 3 heterocycles. The molecule has 7 heteroatoms. The van der Waals surface area contributed by atoms with Gasteiger partial charge in [-0.3, -0.25) is 4.98 Å². The summed E-state index contributed by atoms with van der Waals surface area (Å²) in [7, 11) is 0. The van der Waals surface area contributed by atoms with Gasteiger partial charge in [-0.05, 0) is 50.2 Å².